The van der Waals surface area contributed by atoms with Crippen molar-refractivity contribution in [2.24, 2.45) is 0 Å². The van der Waals surface area contributed by atoms with E-state index < -0.39 is 37.0 Å². The van der Waals surface area contributed by atoms with Crippen molar-refractivity contribution >= 4 is 17.9 Å². The molecule has 0 aliphatic rings. The maximum absolute atomic E-state index is 10.6. The van der Waals surface area contributed by atoms with Crippen molar-refractivity contribution < 1.29 is 34.4 Å². The largest absolute Gasteiger partial charge is 0.481 e. The summed E-state index contributed by atoms with van der Waals surface area (Å²) in [5, 5.41) is 24.9. The van der Waals surface area contributed by atoms with Crippen LogP contribution < -0.4 is 0 Å². The van der Waals surface area contributed by atoms with Crippen LogP contribution in [0.1, 0.15) is 6.42 Å². The van der Waals surface area contributed by atoms with Crippen molar-refractivity contribution in [2.75, 3.05) is 6.61 Å². The third-order valence-corrected chi connectivity index (χ3v) is 0.978. The SMILES string of the molecule is O=C(O)COC(=O)C(O)CC(=O)O. The molecular formula is C6H8O7. The minimum atomic E-state index is -1.82. The summed E-state index contributed by atoms with van der Waals surface area (Å²) >= 11 is 0. The molecule has 0 aliphatic carbocycles. The second-order valence-electron chi connectivity index (χ2n) is 2.12. The molecule has 0 radical (unpaired) electrons. The lowest BCUT2D eigenvalue weighted by Gasteiger charge is -2.05. The van der Waals surface area contributed by atoms with Gasteiger partial charge in [-0.15, -0.1) is 0 Å². The van der Waals surface area contributed by atoms with E-state index in [0.29, 0.717) is 0 Å². The molecule has 0 fully saturated rings. The molecule has 1 unspecified atom stereocenters. The van der Waals surface area contributed by atoms with E-state index in [1.807, 2.05) is 0 Å². The van der Waals surface area contributed by atoms with Gasteiger partial charge in [-0.1, -0.05) is 0 Å². The Morgan fingerprint density at radius 1 is 1.15 bits per heavy atom. The fraction of sp³-hybridized carbons (Fsp3) is 0.500. The Bertz CT molecular complexity index is 221. The smallest absolute Gasteiger partial charge is 0.341 e. The fourth-order valence-electron chi connectivity index (χ4n) is 0.478. The Balaban J connectivity index is 3.82. The van der Waals surface area contributed by atoms with Crippen LogP contribution in [-0.4, -0.2) is 45.9 Å². The van der Waals surface area contributed by atoms with Gasteiger partial charge in [0.2, 0.25) is 0 Å². The van der Waals surface area contributed by atoms with Crippen LogP contribution in [0.25, 0.3) is 0 Å². The summed E-state index contributed by atoms with van der Waals surface area (Å²) in [6, 6.07) is 0. The first-order valence-corrected chi connectivity index (χ1v) is 3.21. The van der Waals surface area contributed by atoms with Crippen molar-refractivity contribution in [2.45, 2.75) is 12.5 Å². The summed E-state index contributed by atoms with van der Waals surface area (Å²) in [6.45, 7) is -0.893. The van der Waals surface area contributed by atoms with Crippen LogP contribution in [0.3, 0.4) is 0 Å². The summed E-state index contributed by atoms with van der Waals surface area (Å²) in [6.07, 6.45) is -2.63. The molecule has 0 aromatic carbocycles. The summed E-state index contributed by atoms with van der Waals surface area (Å²) in [4.78, 5) is 30.4. The Hall–Kier alpha value is -1.63. The topological polar surface area (TPSA) is 121 Å². The van der Waals surface area contributed by atoms with Crippen molar-refractivity contribution in [1.82, 2.24) is 0 Å². The Morgan fingerprint density at radius 2 is 1.69 bits per heavy atom. The predicted octanol–water partition coefficient (Wildman–Crippen LogP) is -1.55. The van der Waals surface area contributed by atoms with Crippen molar-refractivity contribution in [3.05, 3.63) is 0 Å². The van der Waals surface area contributed by atoms with Gasteiger partial charge in [-0.25, -0.2) is 9.59 Å². The maximum atomic E-state index is 10.6. The molecule has 0 amide bonds. The van der Waals surface area contributed by atoms with Crippen LogP contribution >= 0.6 is 0 Å². The van der Waals surface area contributed by atoms with Gasteiger partial charge in [0.15, 0.2) is 12.7 Å². The van der Waals surface area contributed by atoms with E-state index in [1.54, 1.807) is 0 Å². The van der Waals surface area contributed by atoms with Gasteiger partial charge in [0.25, 0.3) is 0 Å². The van der Waals surface area contributed by atoms with Gasteiger partial charge >= 0.3 is 17.9 Å². The normalized spacial score (nSPS) is 11.8. The molecule has 0 aromatic rings. The monoisotopic (exact) mass is 192 g/mol. The highest BCUT2D eigenvalue weighted by Gasteiger charge is 2.20. The van der Waals surface area contributed by atoms with Crippen LogP contribution in [0.4, 0.5) is 0 Å². The molecule has 3 N–H and O–H groups in total. The minimum absolute atomic E-state index is 0.807. The van der Waals surface area contributed by atoms with E-state index in [9.17, 15) is 14.4 Å². The molecule has 0 heterocycles. The van der Waals surface area contributed by atoms with Gasteiger partial charge < -0.3 is 20.1 Å². The molecule has 0 spiro atoms. The van der Waals surface area contributed by atoms with Gasteiger partial charge in [-0.2, -0.15) is 0 Å². The molecule has 0 saturated heterocycles. The van der Waals surface area contributed by atoms with Crippen LogP contribution in [0, 0.1) is 0 Å². The molecule has 7 nitrogen and oxygen atoms in total. The molecule has 1 atom stereocenters. The highest BCUT2D eigenvalue weighted by atomic mass is 16.6. The van der Waals surface area contributed by atoms with Crippen LogP contribution in [0.15, 0.2) is 0 Å². The molecule has 7 heteroatoms. The highest BCUT2D eigenvalue weighted by molar-refractivity contribution is 5.82. The number of carbonyl (C=O) groups excluding carboxylic acids is 1. The second kappa shape index (κ2) is 5.09. The van der Waals surface area contributed by atoms with E-state index in [0.717, 1.165) is 0 Å². The van der Waals surface area contributed by atoms with Gasteiger partial charge in [-0.3, -0.25) is 4.79 Å². The number of carboxylic acid groups (broad SMARTS) is 2. The molecule has 74 valence electrons. The molecular weight excluding hydrogens is 184 g/mol. The number of ether oxygens (including phenoxy) is 1. The number of aliphatic carboxylic acids is 2. The van der Waals surface area contributed by atoms with Gasteiger partial charge in [0, 0.05) is 0 Å². The number of aliphatic hydroxyl groups excluding tert-OH is 1. The van der Waals surface area contributed by atoms with Crippen LogP contribution in [0.5, 0.6) is 0 Å². The highest BCUT2D eigenvalue weighted by Crippen LogP contribution is 1.94. The third-order valence-electron chi connectivity index (χ3n) is 0.978. The lowest BCUT2D eigenvalue weighted by Crippen LogP contribution is -2.27. The standard InChI is InChI=1S/C6H8O7/c7-3(1-4(8)9)6(12)13-2-5(10)11/h3,7H,1-2H2,(H,8,9)(H,10,11). The Labute approximate surface area is 72.5 Å². The number of aliphatic hydroxyl groups is 1. The molecule has 13 heavy (non-hydrogen) atoms. The Morgan fingerprint density at radius 3 is 2.08 bits per heavy atom. The number of rotatable bonds is 5. The predicted molar refractivity (Wildman–Crippen MR) is 36.9 cm³/mol. The lowest BCUT2D eigenvalue weighted by atomic mass is 10.2. The number of esters is 1. The van der Waals surface area contributed by atoms with Crippen LogP contribution in [-0.2, 0) is 19.1 Å². The number of hydrogen-bond donors (Lipinski definition) is 3. The third kappa shape index (κ3) is 5.62. The average molecular weight is 192 g/mol. The van der Waals surface area contributed by atoms with Crippen LogP contribution in [0.2, 0.25) is 0 Å². The van der Waals surface area contributed by atoms with E-state index in [2.05, 4.69) is 4.74 Å². The van der Waals surface area contributed by atoms with Gasteiger partial charge in [0.05, 0.1) is 6.42 Å². The zero-order valence-electron chi connectivity index (χ0n) is 6.47. The van der Waals surface area contributed by atoms with Crippen molar-refractivity contribution in [3.8, 4) is 0 Å². The van der Waals surface area contributed by atoms with E-state index >= 15 is 0 Å². The summed E-state index contributed by atoms with van der Waals surface area (Å²) in [5.41, 5.74) is 0. The first kappa shape index (κ1) is 11.4. The zero-order chi connectivity index (χ0) is 10.4. The fourth-order valence-corrected chi connectivity index (χ4v) is 0.478. The first-order chi connectivity index (χ1) is 5.93. The molecule has 0 rings (SSSR count). The zero-order valence-corrected chi connectivity index (χ0v) is 6.47. The van der Waals surface area contributed by atoms with E-state index in [4.69, 9.17) is 15.3 Å². The maximum Gasteiger partial charge on any atom is 0.341 e. The molecule has 0 bridgehead atoms. The summed E-state index contributed by atoms with van der Waals surface area (Å²) in [5.74, 6) is -4.01. The summed E-state index contributed by atoms with van der Waals surface area (Å²) < 4.78 is 4.01. The first-order valence-electron chi connectivity index (χ1n) is 3.21. The molecule has 0 aromatic heterocycles. The quantitative estimate of drug-likeness (QED) is 0.451. The molecule has 0 saturated carbocycles. The van der Waals surface area contributed by atoms with Gasteiger partial charge in [-0.05, 0) is 0 Å². The van der Waals surface area contributed by atoms with Gasteiger partial charge in [0.1, 0.15) is 0 Å². The second-order valence-corrected chi connectivity index (χ2v) is 2.12. The van der Waals surface area contributed by atoms with E-state index in [-0.39, 0.29) is 0 Å². The number of hydrogen-bond acceptors (Lipinski definition) is 5. The number of carboxylic acids is 2. The lowest BCUT2D eigenvalue weighted by molar-refractivity contribution is -0.163. The average Bonchev–Trinajstić information content (AvgIpc) is 1.98. The number of carbonyl (C=O) groups is 3. The van der Waals surface area contributed by atoms with Crippen molar-refractivity contribution in [1.29, 1.82) is 0 Å². The summed E-state index contributed by atoms with van der Waals surface area (Å²) in [7, 11) is 0. The van der Waals surface area contributed by atoms with E-state index in [1.165, 1.54) is 0 Å². The minimum Gasteiger partial charge on any atom is -0.481 e. The molecule has 0 aliphatic heterocycles. The Kier molecular flexibility index (Phi) is 4.45. The van der Waals surface area contributed by atoms with Crippen molar-refractivity contribution in [3.63, 3.8) is 0 Å².